The number of nitrogens with zero attached hydrogens (tertiary/aromatic N) is 2. The number of methoxy groups -OCH3 is 1. The van der Waals surface area contributed by atoms with Gasteiger partial charge >= 0.3 is 6.09 Å². The number of ether oxygens (including phenoxy) is 1. The van der Waals surface area contributed by atoms with Gasteiger partial charge in [-0.1, -0.05) is 24.3 Å². The van der Waals surface area contributed by atoms with Crippen molar-refractivity contribution in [3.05, 3.63) is 35.4 Å². The van der Waals surface area contributed by atoms with Crippen LogP contribution < -0.4 is 0 Å². The fraction of sp³-hybridized carbons (Fsp3) is 0.500. The second kappa shape index (κ2) is 7.11. The summed E-state index contributed by atoms with van der Waals surface area (Å²) in [5.41, 5.74) is 2.44. The van der Waals surface area contributed by atoms with Gasteiger partial charge in [0.05, 0.1) is 7.11 Å². The number of benzene rings is 1. The van der Waals surface area contributed by atoms with E-state index in [-0.39, 0.29) is 12.0 Å². The number of hydrogen-bond donors (Lipinski definition) is 0. The lowest BCUT2D eigenvalue weighted by Gasteiger charge is -2.33. The summed E-state index contributed by atoms with van der Waals surface area (Å²) in [5.74, 6) is 0.155. The van der Waals surface area contributed by atoms with E-state index in [1.165, 1.54) is 18.2 Å². The van der Waals surface area contributed by atoms with Crippen molar-refractivity contribution < 1.29 is 14.3 Å². The van der Waals surface area contributed by atoms with Crippen molar-refractivity contribution in [3.8, 4) is 0 Å². The van der Waals surface area contributed by atoms with E-state index in [0.29, 0.717) is 32.6 Å². The molecule has 1 fully saturated rings. The molecule has 1 aliphatic rings. The van der Waals surface area contributed by atoms with Crippen LogP contribution in [0.1, 0.15) is 17.5 Å². The van der Waals surface area contributed by atoms with E-state index in [0.717, 1.165) is 6.42 Å². The molecule has 1 aromatic carbocycles. The fourth-order valence-electron chi connectivity index (χ4n) is 2.56. The highest BCUT2D eigenvalue weighted by Crippen LogP contribution is 2.12. The zero-order valence-corrected chi connectivity index (χ0v) is 12.7. The predicted molar refractivity (Wildman–Crippen MR) is 80.1 cm³/mol. The molecule has 0 unspecified atom stereocenters. The van der Waals surface area contributed by atoms with Crippen molar-refractivity contribution in [1.29, 1.82) is 0 Å². The molecule has 0 radical (unpaired) electrons. The van der Waals surface area contributed by atoms with Gasteiger partial charge in [0, 0.05) is 32.6 Å². The summed E-state index contributed by atoms with van der Waals surface area (Å²) in [5, 5.41) is 0. The number of amides is 2. The normalized spacial score (nSPS) is 15.0. The Labute approximate surface area is 125 Å². The van der Waals surface area contributed by atoms with Crippen molar-refractivity contribution in [3.63, 3.8) is 0 Å². The van der Waals surface area contributed by atoms with Crippen LogP contribution in [0.2, 0.25) is 0 Å². The molecule has 0 aliphatic carbocycles. The van der Waals surface area contributed by atoms with Crippen molar-refractivity contribution >= 4 is 12.0 Å². The Morgan fingerprint density at radius 2 is 1.71 bits per heavy atom. The molecule has 0 saturated carbocycles. The van der Waals surface area contributed by atoms with Crippen LogP contribution in [0.25, 0.3) is 0 Å². The summed E-state index contributed by atoms with van der Waals surface area (Å²) in [6, 6.07) is 8.14. The lowest BCUT2D eigenvalue weighted by molar-refractivity contribution is -0.132. The SMILES string of the molecule is COC(=O)N1CCN(C(=O)CCc2ccccc2C)CC1. The monoisotopic (exact) mass is 290 g/mol. The number of aryl methyl sites for hydroxylation is 2. The van der Waals surface area contributed by atoms with Crippen molar-refractivity contribution in [2.45, 2.75) is 19.8 Å². The van der Waals surface area contributed by atoms with Crippen LogP contribution in [0.15, 0.2) is 24.3 Å². The van der Waals surface area contributed by atoms with E-state index in [2.05, 4.69) is 23.8 Å². The minimum Gasteiger partial charge on any atom is -0.453 e. The first kappa shape index (κ1) is 15.4. The van der Waals surface area contributed by atoms with E-state index in [1.807, 2.05) is 17.0 Å². The number of carbonyl (C=O) groups is 2. The Balaban J connectivity index is 1.80. The molecular formula is C16H22N2O3. The highest BCUT2D eigenvalue weighted by Gasteiger charge is 2.24. The maximum absolute atomic E-state index is 12.2. The Morgan fingerprint density at radius 1 is 1.10 bits per heavy atom. The lowest BCUT2D eigenvalue weighted by Crippen LogP contribution is -2.50. The third-order valence-electron chi connectivity index (χ3n) is 3.93. The average molecular weight is 290 g/mol. The summed E-state index contributed by atoms with van der Waals surface area (Å²) in [7, 11) is 1.38. The molecule has 0 spiro atoms. The van der Waals surface area contributed by atoms with E-state index >= 15 is 0 Å². The largest absolute Gasteiger partial charge is 0.453 e. The van der Waals surface area contributed by atoms with Crippen molar-refractivity contribution in [2.24, 2.45) is 0 Å². The molecule has 0 aromatic heterocycles. The van der Waals surface area contributed by atoms with Gasteiger partial charge in [0.15, 0.2) is 0 Å². The second-order valence-electron chi connectivity index (χ2n) is 5.26. The van der Waals surface area contributed by atoms with Crippen LogP contribution in [0, 0.1) is 6.92 Å². The highest BCUT2D eigenvalue weighted by molar-refractivity contribution is 5.77. The topological polar surface area (TPSA) is 49.9 Å². The van der Waals surface area contributed by atoms with Crippen molar-refractivity contribution in [1.82, 2.24) is 9.80 Å². The molecule has 5 nitrogen and oxygen atoms in total. The third-order valence-corrected chi connectivity index (χ3v) is 3.93. The van der Waals surface area contributed by atoms with E-state index in [9.17, 15) is 9.59 Å². The molecular weight excluding hydrogens is 268 g/mol. The molecule has 1 saturated heterocycles. The summed E-state index contributed by atoms with van der Waals surface area (Å²) < 4.78 is 4.69. The average Bonchev–Trinajstić information content (AvgIpc) is 2.53. The predicted octanol–water partition coefficient (Wildman–Crippen LogP) is 1.84. The quantitative estimate of drug-likeness (QED) is 0.853. The van der Waals surface area contributed by atoms with Crippen LogP contribution in [-0.2, 0) is 16.0 Å². The number of rotatable bonds is 3. The first-order valence-corrected chi connectivity index (χ1v) is 7.27. The zero-order valence-electron chi connectivity index (χ0n) is 12.7. The standard InChI is InChI=1S/C16H22N2O3/c1-13-5-3-4-6-14(13)7-8-15(19)17-9-11-18(12-10-17)16(20)21-2/h3-6H,7-12H2,1-2H3. The van der Waals surface area contributed by atoms with Gasteiger partial charge < -0.3 is 14.5 Å². The fourth-order valence-corrected chi connectivity index (χ4v) is 2.56. The smallest absolute Gasteiger partial charge is 0.409 e. The number of carbonyl (C=O) groups excluding carboxylic acids is 2. The van der Waals surface area contributed by atoms with Crippen molar-refractivity contribution in [2.75, 3.05) is 33.3 Å². The Kier molecular flexibility index (Phi) is 5.20. The maximum atomic E-state index is 12.2. The molecule has 0 atom stereocenters. The van der Waals surface area contributed by atoms with Gasteiger partial charge in [0.25, 0.3) is 0 Å². The molecule has 21 heavy (non-hydrogen) atoms. The van der Waals surface area contributed by atoms with Crippen LogP contribution in [0.3, 0.4) is 0 Å². The molecule has 114 valence electrons. The molecule has 5 heteroatoms. The summed E-state index contributed by atoms with van der Waals surface area (Å²) in [6.45, 7) is 4.32. The summed E-state index contributed by atoms with van der Waals surface area (Å²) >= 11 is 0. The Hall–Kier alpha value is -2.04. The molecule has 2 amide bonds. The number of hydrogen-bond acceptors (Lipinski definition) is 3. The molecule has 1 aromatic rings. The van der Waals surface area contributed by atoms with Gasteiger partial charge in [0.2, 0.25) is 5.91 Å². The van der Waals surface area contributed by atoms with E-state index < -0.39 is 0 Å². The Morgan fingerprint density at radius 3 is 2.33 bits per heavy atom. The molecule has 1 aliphatic heterocycles. The van der Waals surface area contributed by atoms with Crippen LogP contribution in [0.5, 0.6) is 0 Å². The first-order chi connectivity index (χ1) is 10.1. The van der Waals surface area contributed by atoms with Gasteiger partial charge in [-0.25, -0.2) is 4.79 Å². The first-order valence-electron chi connectivity index (χ1n) is 7.27. The minimum absolute atomic E-state index is 0.155. The van der Waals surface area contributed by atoms with Gasteiger partial charge in [-0.2, -0.15) is 0 Å². The molecule has 1 heterocycles. The van der Waals surface area contributed by atoms with Gasteiger partial charge in [0.1, 0.15) is 0 Å². The van der Waals surface area contributed by atoms with Crippen LogP contribution >= 0.6 is 0 Å². The number of piperazine rings is 1. The summed E-state index contributed by atoms with van der Waals surface area (Å²) in [4.78, 5) is 27.1. The van der Waals surface area contributed by atoms with Gasteiger partial charge in [-0.05, 0) is 24.5 Å². The summed E-state index contributed by atoms with van der Waals surface area (Å²) in [6.07, 6.45) is 0.966. The van der Waals surface area contributed by atoms with Gasteiger partial charge in [-0.15, -0.1) is 0 Å². The molecule has 2 rings (SSSR count). The van der Waals surface area contributed by atoms with Crippen LogP contribution in [0.4, 0.5) is 4.79 Å². The Bertz CT molecular complexity index is 508. The lowest BCUT2D eigenvalue weighted by atomic mass is 10.0. The zero-order chi connectivity index (χ0) is 15.2. The highest BCUT2D eigenvalue weighted by atomic mass is 16.5. The van der Waals surface area contributed by atoms with Crippen LogP contribution in [-0.4, -0.2) is 55.1 Å². The van der Waals surface area contributed by atoms with E-state index in [4.69, 9.17) is 0 Å². The van der Waals surface area contributed by atoms with E-state index in [1.54, 1.807) is 4.90 Å². The van der Waals surface area contributed by atoms with Gasteiger partial charge in [-0.3, -0.25) is 4.79 Å². The third kappa shape index (κ3) is 3.97. The second-order valence-corrected chi connectivity index (χ2v) is 5.26. The maximum Gasteiger partial charge on any atom is 0.409 e. The minimum atomic E-state index is -0.318. The molecule has 0 N–H and O–H groups in total. The molecule has 0 bridgehead atoms.